The number of benzene rings is 2. The highest BCUT2D eigenvalue weighted by atomic mass is 35.5. The maximum atomic E-state index is 13.1. The van der Waals surface area contributed by atoms with Gasteiger partial charge < -0.3 is 9.30 Å². The highest BCUT2D eigenvalue weighted by Crippen LogP contribution is 2.27. The molecule has 1 atom stereocenters. The number of anilines is 1. The first kappa shape index (κ1) is 25.7. The van der Waals surface area contributed by atoms with Crippen LogP contribution >= 0.6 is 22.9 Å². The Kier molecular flexibility index (Phi) is 7.35. The largest absolute Gasteiger partial charge is 0.451 e. The van der Waals surface area contributed by atoms with Gasteiger partial charge in [0.25, 0.3) is 10.0 Å². The SMILES string of the molecule is Cc1cc(C(=O)C(C)OC(=O)c2ccc(NS(=O)(=O)c3ccc(Cl)s3)cc2)c(C)n1-c1ccccc1. The lowest BCUT2D eigenvalue weighted by molar-refractivity contribution is 0.0318. The lowest BCUT2D eigenvalue weighted by Crippen LogP contribution is -2.25. The van der Waals surface area contributed by atoms with Crippen LogP contribution in [0.15, 0.2) is 77.0 Å². The fourth-order valence-electron chi connectivity index (χ4n) is 3.81. The molecule has 10 heteroatoms. The Morgan fingerprint density at radius 3 is 2.28 bits per heavy atom. The van der Waals surface area contributed by atoms with Crippen LogP contribution in [0.3, 0.4) is 0 Å². The number of esters is 1. The lowest BCUT2D eigenvalue weighted by atomic mass is 10.1. The highest BCUT2D eigenvalue weighted by Gasteiger charge is 2.25. The van der Waals surface area contributed by atoms with Crippen molar-refractivity contribution >= 4 is 50.4 Å². The number of hydrogen-bond acceptors (Lipinski definition) is 6. The zero-order chi connectivity index (χ0) is 26.0. The standard InChI is InChI=1S/C26H23ClN2O5S2/c1-16-15-22(17(2)29(16)21-7-5-4-6-8-21)25(30)18(3)34-26(31)19-9-11-20(12-10-19)28-36(32,33)24-14-13-23(27)35-24/h4-15,18,28H,1-3H3. The third kappa shape index (κ3) is 5.38. The van der Waals surface area contributed by atoms with E-state index in [0.29, 0.717) is 9.90 Å². The molecule has 7 nitrogen and oxygen atoms in total. The van der Waals surface area contributed by atoms with E-state index >= 15 is 0 Å². The monoisotopic (exact) mass is 542 g/mol. The number of Topliss-reactive ketones (excluding diaryl/α,β-unsaturated/α-hetero) is 1. The van der Waals surface area contributed by atoms with Crippen molar-refractivity contribution < 1.29 is 22.7 Å². The molecular formula is C26H23ClN2O5S2. The van der Waals surface area contributed by atoms with Gasteiger partial charge in [-0.05, 0) is 75.4 Å². The molecule has 0 aliphatic carbocycles. The summed E-state index contributed by atoms with van der Waals surface area (Å²) in [6.45, 7) is 5.30. The molecule has 0 aliphatic heterocycles. The molecule has 0 spiro atoms. The van der Waals surface area contributed by atoms with E-state index < -0.39 is 22.1 Å². The van der Waals surface area contributed by atoms with Gasteiger partial charge in [-0.2, -0.15) is 0 Å². The summed E-state index contributed by atoms with van der Waals surface area (Å²) in [5, 5.41) is 0. The molecule has 36 heavy (non-hydrogen) atoms. The number of thiophene rings is 1. The molecular weight excluding hydrogens is 520 g/mol. The minimum atomic E-state index is -3.79. The van der Waals surface area contributed by atoms with E-state index in [2.05, 4.69) is 4.72 Å². The van der Waals surface area contributed by atoms with Gasteiger partial charge in [0.05, 0.1) is 9.90 Å². The molecule has 4 aromatic rings. The second-order valence-corrected chi connectivity index (χ2v) is 11.7. The maximum absolute atomic E-state index is 13.1. The Morgan fingerprint density at radius 2 is 1.67 bits per heavy atom. The van der Waals surface area contributed by atoms with Gasteiger partial charge in [-0.3, -0.25) is 9.52 Å². The van der Waals surface area contributed by atoms with Crippen molar-refractivity contribution in [1.82, 2.24) is 4.57 Å². The fourth-order valence-corrected chi connectivity index (χ4v) is 6.35. The first-order valence-corrected chi connectivity index (χ1v) is 13.6. The van der Waals surface area contributed by atoms with E-state index in [1.54, 1.807) is 6.07 Å². The van der Waals surface area contributed by atoms with Gasteiger partial charge in [0.1, 0.15) is 4.21 Å². The van der Waals surface area contributed by atoms with Gasteiger partial charge in [0.15, 0.2) is 6.10 Å². The first-order chi connectivity index (χ1) is 17.1. The Morgan fingerprint density at radius 1 is 1.00 bits per heavy atom. The normalized spacial score (nSPS) is 12.2. The number of para-hydroxylation sites is 1. The summed E-state index contributed by atoms with van der Waals surface area (Å²) in [6.07, 6.45) is -1.01. The average molecular weight is 543 g/mol. The first-order valence-electron chi connectivity index (χ1n) is 10.9. The van der Waals surface area contributed by atoms with Crippen molar-refractivity contribution in [2.75, 3.05) is 4.72 Å². The second-order valence-electron chi connectivity index (χ2n) is 8.11. The number of nitrogens with one attached hydrogen (secondary N) is 1. The number of ketones is 1. The number of sulfonamides is 1. The Bertz CT molecular complexity index is 1520. The predicted octanol–water partition coefficient (Wildman–Crippen LogP) is 6.04. The van der Waals surface area contributed by atoms with Crippen LogP contribution in [0, 0.1) is 13.8 Å². The van der Waals surface area contributed by atoms with Gasteiger partial charge in [-0.15, -0.1) is 11.3 Å². The molecule has 0 saturated carbocycles. The van der Waals surface area contributed by atoms with Crippen LogP contribution < -0.4 is 4.72 Å². The second kappa shape index (κ2) is 10.3. The van der Waals surface area contributed by atoms with Crippen LogP contribution in [0.5, 0.6) is 0 Å². The van der Waals surface area contributed by atoms with Gasteiger partial charge in [-0.1, -0.05) is 29.8 Å². The summed E-state index contributed by atoms with van der Waals surface area (Å²) in [5.74, 6) is -0.996. The number of ether oxygens (including phenoxy) is 1. The molecule has 2 aromatic carbocycles. The third-order valence-electron chi connectivity index (χ3n) is 5.55. The van der Waals surface area contributed by atoms with Gasteiger partial charge >= 0.3 is 5.97 Å². The van der Waals surface area contributed by atoms with E-state index in [4.69, 9.17) is 16.3 Å². The third-order valence-corrected chi connectivity index (χ3v) is 8.65. The smallest absolute Gasteiger partial charge is 0.338 e. The molecule has 1 unspecified atom stereocenters. The van der Waals surface area contributed by atoms with Crippen LogP contribution in [0.2, 0.25) is 4.34 Å². The van der Waals surface area contributed by atoms with Gasteiger partial charge in [0, 0.05) is 28.3 Å². The summed E-state index contributed by atoms with van der Waals surface area (Å²) in [5.41, 5.74) is 3.53. The fraction of sp³-hybridized carbons (Fsp3) is 0.154. The van der Waals surface area contributed by atoms with Crippen molar-refractivity contribution in [2.24, 2.45) is 0 Å². The molecule has 1 N–H and O–H groups in total. The van der Waals surface area contributed by atoms with E-state index in [1.165, 1.54) is 43.3 Å². The summed E-state index contributed by atoms with van der Waals surface area (Å²) in [7, 11) is -3.79. The number of aromatic nitrogens is 1. The Labute approximate surface area is 218 Å². The molecule has 186 valence electrons. The van der Waals surface area contributed by atoms with Crippen LogP contribution in [0.1, 0.15) is 39.0 Å². The summed E-state index contributed by atoms with van der Waals surface area (Å²) >= 11 is 6.76. The van der Waals surface area contributed by atoms with E-state index in [1.807, 2.05) is 48.7 Å². The van der Waals surface area contributed by atoms with Gasteiger partial charge in [0.2, 0.25) is 5.78 Å². The van der Waals surface area contributed by atoms with E-state index in [0.717, 1.165) is 28.4 Å². The van der Waals surface area contributed by atoms with Gasteiger partial charge in [-0.25, -0.2) is 13.2 Å². The number of carbonyl (C=O) groups excluding carboxylic acids is 2. The van der Waals surface area contributed by atoms with Crippen molar-refractivity contribution in [2.45, 2.75) is 31.1 Å². The topological polar surface area (TPSA) is 94.5 Å². The van der Waals surface area contributed by atoms with E-state index in [-0.39, 0.29) is 21.2 Å². The Hall–Kier alpha value is -3.40. The lowest BCUT2D eigenvalue weighted by Gasteiger charge is -2.14. The highest BCUT2D eigenvalue weighted by molar-refractivity contribution is 7.94. The molecule has 0 aliphatic rings. The molecule has 0 amide bonds. The summed E-state index contributed by atoms with van der Waals surface area (Å²) in [4.78, 5) is 25.8. The number of hydrogen-bond donors (Lipinski definition) is 1. The zero-order valence-corrected chi connectivity index (χ0v) is 22.1. The minimum absolute atomic E-state index is 0.0787. The van der Waals surface area contributed by atoms with Crippen molar-refractivity contribution in [3.63, 3.8) is 0 Å². The molecule has 2 heterocycles. The number of nitrogens with zero attached hydrogens (tertiary/aromatic N) is 1. The van der Waals surface area contributed by atoms with Crippen LogP contribution in [0.25, 0.3) is 5.69 Å². The maximum Gasteiger partial charge on any atom is 0.338 e. The molecule has 4 rings (SSSR count). The molecule has 2 aromatic heterocycles. The Balaban J connectivity index is 1.44. The van der Waals surface area contributed by atoms with Crippen molar-refractivity contribution in [1.29, 1.82) is 0 Å². The van der Waals surface area contributed by atoms with Crippen molar-refractivity contribution in [3.05, 3.63) is 99.6 Å². The quantitative estimate of drug-likeness (QED) is 0.216. The van der Waals surface area contributed by atoms with Crippen molar-refractivity contribution in [3.8, 4) is 5.69 Å². The number of halogens is 1. The molecule has 0 fully saturated rings. The summed E-state index contributed by atoms with van der Waals surface area (Å²) < 4.78 is 35.2. The summed E-state index contributed by atoms with van der Waals surface area (Å²) in [6, 6.07) is 20.1. The number of aryl methyl sites for hydroxylation is 1. The van der Waals surface area contributed by atoms with Crippen LogP contribution in [0.4, 0.5) is 5.69 Å². The molecule has 0 radical (unpaired) electrons. The van der Waals surface area contributed by atoms with Crippen LogP contribution in [-0.4, -0.2) is 30.8 Å². The van der Waals surface area contributed by atoms with Crippen LogP contribution in [-0.2, 0) is 14.8 Å². The molecule has 0 bridgehead atoms. The zero-order valence-electron chi connectivity index (χ0n) is 19.7. The van der Waals surface area contributed by atoms with E-state index in [9.17, 15) is 18.0 Å². The minimum Gasteiger partial charge on any atom is -0.451 e. The number of carbonyl (C=O) groups is 2. The number of rotatable bonds is 8. The molecule has 0 saturated heterocycles. The average Bonchev–Trinajstić information content (AvgIpc) is 3.42. The predicted molar refractivity (Wildman–Crippen MR) is 141 cm³/mol.